The molecule has 2 rings (SSSR count). The molecule has 0 bridgehead atoms. The van der Waals surface area contributed by atoms with E-state index in [1.165, 1.54) is 18.2 Å². The average molecular weight is 295 g/mol. The maximum Gasteiger partial charge on any atom is 0.219 e. The van der Waals surface area contributed by atoms with Gasteiger partial charge >= 0.3 is 0 Å². The van der Waals surface area contributed by atoms with Gasteiger partial charge in [-0.2, -0.15) is 0 Å². The zero-order valence-electron chi connectivity index (χ0n) is 11.4. The number of pyridine rings is 1. The van der Waals surface area contributed by atoms with Gasteiger partial charge in [-0.15, -0.1) is 0 Å². The molecule has 1 heterocycles. The highest BCUT2D eigenvalue weighted by Gasteiger charge is 2.06. The molecule has 0 saturated carbocycles. The number of benzene rings is 1. The van der Waals surface area contributed by atoms with Gasteiger partial charge in [-0.3, -0.25) is 0 Å². The first-order valence-electron chi connectivity index (χ1n) is 6.37. The summed E-state index contributed by atoms with van der Waals surface area (Å²) in [6.07, 6.45) is 0. The van der Waals surface area contributed by atoms with Crippen LogP contribution < -0.4 is 10.1 Å². The van der Waals surface area contributed by atoms with Crippen LogP contribution in [0.5, 0.6) is 11.6 Å². The van der Waals surface area contributed by atoms with E-state index in [4.69, 9.17) is 16.3 Å². The molecule has 3 nitrogen and oxygen atoms in total. The number of aromatic nitrogens is 1. The van der Waals surface area contributed by atoms with E-state index in [0.29, 0.717) is 24.2 Å². The highest BCUT2D eigenvalue weighted by molar-refractivity contribution is 6.32. The van der Waals surface area contributed by atoms with Gasteiger partial charge in [0.2, 0.25) is 5.88 Å². The van der Waals surface area contributed by atoms with Crippen molar-refractivity contribution < 1.29 is 9.13 Å². The standard InChI is InChI=1S/C15H16ClFN2O/c1-10(2)18-9-12-4-3-5-15(19-12)20-14-7-6-11(17)8-13(14)16/h3-8,10,18H,9H2,1-2H3. The van der Waals surface area contributed by atoms with Gasteiger partial charge in [-0.25, -0.2) is 9.37 Å². The van der Waals surface area contributed by atoms with Crippen molar-refractivity contribution in [3.63, 3.8) is 0 Å². The summed E-state index contributed by atoms with van der Waals surface area (Å²) in [4.78, 5) is 4.37. The molecule has 0 spiro atoms. The molecule has 1 aromatic heterocycles. The second-order valence-corrected chi connectivity index (χ2v) is 5.09. The number of nitrogens with zero attached hydrogens (tertiary/aromatic N) is 1. The van der Waals surface area contributed by atoms with Crippen molar-refractivity contribution in [2.24, 2.45) is 0 Å². The van der Waals surface area contributed by atoms with Crippen molar-refractivity contribution in [1.29, 1.82) is 0 Å². The van der Waals surface area contributed by atoms with Crippen LogP contribution in [0.2, 0.25) is 5.02 Å². The SMILES string of the molecule is CC(C)NCc1cccc(Oc2ccc(F)cc2Cl)n1. The molecule has 0 fully saturated rings. The van der Waals surface area contributed by atoms with E-state index in [1.54, 1.807) is 6.07 Å². The van der Waals surface area contributed by atoms with Gasteiger partial charge in [0.05, 0.1) is 10.7 Å². The van der Waals surface area contributed by atoms with E-state index in [-0.39, 0.29) is 5.02 Å². The Hall–Kier alpha value is -1.65. The predicted octanol–water partition coefficient (Wildman–Crippen LogP) is 4.16. The Bertz CT molecular complexity index is 590. The molecule has 20 heavy (non-hydrogen) atoms. The second kappa shape index (κ2) is 6.68. The lowest BCUT2D eigenvalue weighted by Gasteiger charge is -2.10. The molecule has 1 aromatic carbocycles. The Labute approximate surface area is 122 Å². The quantitative estimate of drug-likeness (QED) is 0.899. The van der Waals surface area contributed by atoms with Crippen LogP contribution in [-0.2, 0) is 6.54 Å². The molecule has 0 radical (unpaired) electrons. The molecule has 106 valence electrons. The molecule has 1 N–H and O–H groups in total. The van der Waals surface area contributed by atoms with Crippen LogP contribution in [0.1, 0.15) is 19.5 Å². The van der Waals surface area contributed by atoms with Crippen molar-refractivity contribution in [3.8, 4) is 11.6 Å². The van der Waals surface area contributed by atoms with Crippen molar-refractivity contribution in [2.75, 3.05) is 0 Å². The van der Waals surface area contributed by atoms with E-state index < -0.39 is 5.82 Å². The molecular weight excluding hydrogens is 279 g/mol. The predicted molar refractivity (Wildman–Crippen MR) is 77.7 cm³/mol. The third kappa shape index (κ3) is 4.18. The third-order valence-corrected chi connectivity index (χ3v) is 2.88. The summed E-state index contributed by atoms with van der Waals surface area (Å²) < 4.78 is 18.5. The lowest BCUT2D eigenvalue weighted by molar-refractivity contribution is 0.457. The fourth-order valence-corrected chi connectivity index (χ4v) is 1.80. The normalized spacial score (nSPS) is 10.8. The summed E-state index contributed by atoms with van der Waals surface area (Å²) in [7, 11) is 0. The Morgan fingerprint density at radius 2 is 2.10 bits per heavy atom. The molecule has 2 aromatic rings. The minimum absolute atomic E-state index is 0.220. The van der Waals surface area contributed by atoms with E-state index in [1.807, 2.05) is 12.1 Å². The minimum atomic E-state index is -0.398. The third-order valence-electron chi connectivity index (χ3n) is 2.58. The maximum absolute atomic E-state index is 13.0. The van der Waals surface area contributed by atoms with Gasteiger partial charge in [0.25, 0.3) is 0 Å². The fourth-order valence-electron chi connectivity index (χ4n) is 1.59. The monoisotopic (exact) mass is 294 g/mol. The molecule has 0 aliphatic rings. The van der Waals surface area contributed by atoms with Crippen LogP contribution in [0.15, 0.2) is 36.4 Å². The average Bonchev–Trinajstić information content (AvgIpc) is 2.40. The van der Waals surface area contributed by atoms with E-state index >= 15 is 0 Å². The Morgan fingerprint density at radius 3 is 2.80 bits per heavy atom. The van der Waals surface area contributed by atoms with Crippen LogP contribution in [-0.4, -0.2) is 11.0 Å². The van der Waals surface area contributed by atoms with Crippen LogP contribution in [0.25, 0.3) is 0 Å². The number of hydrogen-bond donors (Lipinski definition) is 1. The second-order valence-electron chi connectivity index (χ2n) is 4.68. The van der Waals surface area contributed by atoms with Crippen LogP contribution in [0.4, 0.5) is 4.39 Å². The molecule has 0 atom stereocenters. The van der Waals surface area contributed by atoms with Crippen LogP contribution in [0, 0.1) is 5.82 Å². The van der Waals surface area contributed by atoms with Gasteiger partial charge in [0.15, 0.2) is 0 Å². The van der Waals surface area contributed by atoms with Gasteiger partial charge in [-0.1, -0.05) is 31.5 Å². The van der Waals surface area contributed by atoms with Crippen molar-refractivity contribution in [2.45, 2.75) is 26.4 Å². The Balaban J connectivity index is 2.11. The zero-order chi connectivity index (χ0) is 14.5. The van der Waals surface area contributed by atoms with Crippen LogP contribution >= 0.6 is 11.6 Å². The van der Waals surface area contributed by atoms with Crippen LogP contribution in [0.3, 0.4) is 0 Å². The number of ether oxygens (including phenoxy) is 1. The highest BCUT2D eigenvalue weighted by Crippen LogP contribution is 2.28. The molecule has 0 saturated heterocycles. The number of rotatable bonds is 5. The molecule has 0 unspecified atom stereocenters. The van der Waals surface area contributed by atoms with E-state index in [0.717, 1.165) is 5.69 Å². The zero-order valence-corrected chi connectivity index (χ0v) is 12.1. The van der Waals surface area contributed by atoms with E-state index in [9.17, 15) is 4.39 Å². The van der Waals surface area contributed by atoms with E-state index in [2.05, 4.69) is 24.1 Å². The lowest BCUT2D eigenvalue weighted by Crippen LogP contribution is -2.22. The Kier molecular flexibility index (Phi) is 4.93. The molecular formula is C15H16ClFN2O. The first kappa shape index (κ1) is 14.8. The van der Waals surface area contributed by atoms with Crippen molar-refractivity contribution in [3.05, 3.63) is 52.9 Å². The van der Waals surface area contributed by atoms with Crippen molar-refractivity contribution >= 4 is 11.6 Å². The highest BCUT2D eigenvalue weighted by atomic mass is 35.5. The smallest absolute Gasteiger partial charge is 0.219 e. The maximum atomic E-state index is 13.0. The van der Waals surface area contributed by atoms with Gasteiger partial charge in [0.1, 0.15) is 11.6 Å². The Morgan fingerprint density at radius 1 is 1.30 bits per heavy atom. The largest absolute Gasteiger partial charge is 0.437 e. The van der Waals surface area contributed by atoms with Gasteiger partial charge < -0.3 is 10.1 Å². The number of nitrogens with one attached hydrogen (secondary N) is 1. The molecule has 0 amide bonds. The first-order valence-corrected chi connectivity index (χ1v) is 6.74. The molecule has 0 aliphatic heterocycles. The summed E-state index contributed by atoms with van der Waals surface area (Å²) in [6.45, 7) is 4.79. The number of hydrogen-bond acceptors (Lipinski definition) is 3. The van der Waals surface area contributed by atoms with Gasteiger partial charge in [0, 0.05) is 18.7 Å². The topological polar surface area (TPSA) is 34.1 Å². The summed E-state index contributed by atoms with van der Waals surface area (Å²) in [5, 5.41) is 3.50. The lowest BCUT2D eigenvalue weighted by atomic mass is 10.3. The summed E-state index contributed by atoms with van der Waals surface area (Å²) >= 11 is 5.92. The minimum Gasteiger partial charge on any atom is -0.437 e. The summed E-state index contributed by atoms with van der Waals surface area (Å²) in [5.41, 5.74) is 0.870. The molecule has 5 heteroatoms. The summed E-state index contributed by atoms with van der Waals surface area (Å²) in [6, 6.07) is 9.88. The fraction of sp³-hybridized carbons (Fsp3) is 0.267. The summed E-state index contributed by atoms with van der Waals surface area (Å²) in [5.74, 6) is 0.418. The first-order chi connectivity index (χ1) is 9.54. The van der Waals surface area contributed by atoms with Crippen molar-refractivity contribution in [1.82, 2.24) is 10.3 Å². The van der Waals surface area contributed by atoms with Gasteiger partial charge in [-0.05, 0) is 24.3 Å². The molecule has 0 aliphatic carbocycles. The number of halogens is 2.